The first-order valence-electron chi connectivity index (χ1n) is 10.8. The normalized spacial score (nSPS) is 14.2. The number of amides is 2. The number of benzene rings is 2. The lowest BCUT2D eigenvalue weighted by Gasteiger charge is -2.14. The van der Waals surface area contributed by atoms with Crippen LogP contribution in [-0.4, -0.2) is 17.9 Å². The number of aryl methyl sites for hydroxylation is 1. The van der Waals surface area contributed by atoms with Gasteiger partial charge in [-0.05, 0) is 81.1 Å². The lowest BCUT2D eigenvalue weighted by Crippen LogP contribution is -2.30. The number of carbonyl (C=O) groups is 2. The van der Waals surface area contributed by atoms with Crippen molar-refractivity contribution in [1.82, 2.24) is 5.32 Å². The van der Waals surface area contributed by atoms with Gasteiger partial charge in [0.2, 0.25) is 0 Å². The number of hydrogen-bond donors (Lipinski definition) is 2. The van der Waals surface area contributed by atoms with Gasteiger partial charge in [-0.25, -0.2) is 0 Å². The number of hydrogen-bond acceptors (Lipinski definition) is 4. The minimum Gasteiger partial charge on any atom is -0.490 e. The molecule has 2 N–H and O–H groups in total. The molecule has 0 unspecified atom stereocenters. The van der Waals surface area contributed by atoms with Gasteiger partial charge in [0.25, 0.3) is 11.8 Å². The standard InChI is InChI=1S/C26H26N2O4/c1-18-6-4-7-19(16-18)25(29)28-24(17-23-10-5-15-31-23)26(30)27-20-11-13-22(14-12-20)32-21-8-2-3-9-21/h4-7,10-17,21H,2-3,8-9H2,1H3,(H,27,30)(H,28,29)/b24-17-. The molecular weight excluding hydrogens is 404 g/mol. The second-order valence-electron chi connectivity index (χ2n) is 7.90. The van der Waals surface area contributed by atoms with Crippen LogP contribution in [0.5, 0.6) is 5.75 Å². The average Bonchev–Trinajstić information content (AvgIpc) is 3.49. The summed E-state index contributed by atoms with van der Waals surface area (Å²) in [5, 5.41) is 5.53. The van der Waals surface area contributed by atoms with Crippen molar-refractivity contribution in [2.24, 2.45) is 0 Å². The minimum atomic E-state index is -0.452. The van der Waals surface area contributed by atoms with E-state index in [1.54, 1.807) is 42.5 Å². The van der Waals surface area contributed by atoms with Crippen LogP contribution in [0, 0.1) is 6.92 Å². The first-order chi connectivity index (χ1) is 15.6. The van der Waals surface area contributed by atoms with Crippen LogP contribution in [-0.2, 0) is 4.79 Å². The van der Waals surface area contributed by atoms with E-state index in [0.29, 0.717) is 17.0 Å². The van der Waals surface area contributed by atoms with Crippen LogP contribution in [0.3, 0.4) is 0 Å². The van der Waals surface area contributed by atoms with Gasteiger partial charge in [-0.3, -0.25) is 9.59 Å². The number of rotatable bonds is 7. The van der Waals surface area contributed by atoms with Crippen molar-refractivity contribution >= 4 is 23.6 Å². The number of carbonyl (C=O) groups excluding carboxylic acids is 2. The Bertz CT molecular complexity index is 1100. The fraction of sp³-hybridized carbons (Fsp3) is 0.231. The Morgan fingerprint density at radius 2 is 1.81 bits per heavy atom. The highest BCUT2D eigenvalue weighted by atomic mass is 16.5. The summed E-state index contributed by atoms with van der Waals surface area (Å²) >= 11 is 0. The van der Waals surface area contributed by atoms with Gasteiger partial charge in [0.05, 0.1) is 12.4 Å². The molecule has 4 rings (SSSR count). The van der Waals surface area contributed by atoms with Crippen LogP contribution >= 0.6 is 0 Å². The predicted octanol–water partition coefficient (Wildman–Crippen LogP) is 5.32. The molecule has 32 heavy (non-hydrogen) atoms. The molecule has 2 aromatic carbocycles. The Morgan fingerprint density at radius 1 is 1.03 bits per heavy atom. The molecule has 0 aliphatic heterocycles. The number of ether oxygens (including phenoxy) is 1. The maximum atomic E-state index is 13.0. The van der Waals surface area contributed by atoms with Crippen LogP contribution in [0.1, 0.15) is 47.4 Å². The van der Waals surface area contributed by atoms with Crippen molar-refractivity contribution in [3.05, 3.63) is 89.5 Å². The van der Waals surface area contributed by atoms with Crippen LogP contribution in [0.25, 0.3) is 6.08 Å². The highest BCUT2D eigenvalue weighted by Gasteiger charge is 2.18. The van der Waals surface area contributed by atoms with Gasteiger partial charge < -0.3 is 19.8 Å². The Hall–Kier alpha value is -3.80. The topological polar surface area (TPSA) is 80.6 Å². The fourth-order valence-corrected chi connectivity index (χ4v) is 3.67. The third kappa shape index (κ3) is 5.66. The van der Waals surface area contributed by atoms with Crippen LogP contribution < -0.4 is 15.4 Å². The summed E-state index contributed by atoms with van der Waals surface area (Å²) in [6.45, 7) is 1.91. The first kappa shape index (κ1) is 21.4. The predicted molar refractivity (Wildman–Crippen MR) is 123 cm³/mol. The van der Waals surface area contributed by atoms with E-state index in [4.69, 9.17) is 9.15 Å². The number of anilines is 1. The molecule has 0 saturated heterocycles. The molecule has 2 amide bonds. The van der Waals surface area contributed by atoms with Crippen molar-refractivity contribution in [2.45, 2.75) is 38.7 Å². The average molecular weight is 431 g/mol. The summed E-state index contributed by atoms with van der Waals surface area (Å²) in [5.74, 6) is 0.419. The zero-order chi connectivity index (χ0) is 22.3. The molecule has 1 aliphatic carbocycles. The second kappa shape index (κ2) is 10.0. The summed E-state index contributed by atoms with van der Waals surface area (Å²) in [4.78, 5) is 25.7. The second-order valence-corrected chi connectivity index (χ2v) is 7.90. The Labute approximate surface area is 187 Å². The smallest absolute Gasteiger partial charge is 0.272 e. The number of nitrogens with one attached hydrogen (secondary N) is 2. The number of furan rings is 1. The van der Waals surface area contributed by atoms with Crippen LogP contribution in [0.2, 0.25) is 0 Å². The summed E-state index contributed by atoms with van der Waals surface area (Å²) in [7, 11) is 0. The van der Waals surface area contributed by atoms with E-state index in [1.165, 1.54) is 25.2 Å². The molecule has 3 aromatic rings. The zero-order valence-electron chi connectivity index (χ0n) is 18.0. The van der Waals surface area contributed by atoms with E-state index in [0.717, 1.165) is 24.2 Å². The maximum absolute atomic E-state index is 13.0. The molecule has 1 aromatic heterocycles. The lowest BCUT2D eigenvalue weighted by molar-refractivity contribution is -0.113. The molecule has 0 bridgehead atoms. The Kier molecular flexibility index (Phi) is 6.70. The first-order valence-corrected chi connectivity index (χ1v) is 10.8. The van der Waals surface area contributed by atoms with Gasteiger partial charge in [-0.15, -0.1) is 0 Å². The monoisotopic (exact) mass is 430 g/mol. The van der Waals surface area contributed by atoms with Gasteiger partial charge in [0, 0.05) is 17.3 Å². The van der Waals surface area contributed by atoms with Crippen LogP contribution in [0.4, 0.5) is 5.69 Å². The molecule has 6 heteroatoms. The lowest BCUT2D eigenvalue weighted by atomic mass is 10.1. The Morgan fingerprint density at radius 3 is 2.50 bits per heavy atom. The quantitative estimate of drug-likeness (QED) is 0.497. The zero-order valence-corrected chi connectivity index (χ0v) is 18.0. The van der Waals surface area contributed by atoms with Crippen molar-refractivity contribution in [3.8, 4) is 5.75 Å². The minimum absolute atomic E-state index is 0.0812. The Balaban J connectivity index is 1.47. The van der Waals surface area contributed by atoms with Crippen molar-refractivity contribution in [2.75, 3.05) is 5.32 Å². The van der Waals surface area contributed by atoms with E-state index >= 15 is 0 Å². The molecule has 1 aliphatic rings. The molecule has 1 heterocycles. The molecule has 1 fully saturated rings. The molecule has 0 radical (unpaired) electrons. The van der Waals surface area contributed by atoms with Crippen molar-refractivity contribution in [1.29, 1.82) is 0 Å². The molecule has 6 nitrogen and oxygen atoms in total. The highest BCUT2D eigenvalue weighted by Crippen LogP contribution is 2.25. The molecule has 0 spiro atoms. The molecule has 164 valence electrons. The summed E-state index contributed by atoms with van der Waals surface area (Å²) in [6, 6.07) is 17.9. The van der Waals surface area contributed by atoms with E-state index in [-0.39, 0.29) is 17.7 Å². The SMILES string of the molecule is Cc1cccc(C(=O)N/C(=C\c2ccco2)C(=O)Nc2ccc(OC3CCCC3)cc2)c1. The maximum Gasteiger partial charge on any atom is 0.272 e. The largest absolute Gasteiger partial charge is 0.490 e. The van der Waals surface area contributed by atoms with E-state index < -0.39 is 5.91 Å². The van der Waals surface area contributed by atoms with E-state index in [9.17, 15) is 9.59 Å². The van der Waals surface area contributed by atoms with E-state index in [1.807, 2.05) is 25.1 Å². The van der Waals surface area contributed by atoms with Gasteiger partial charge in [0.1, 0.15) is 17.2 Å². The van der Waals surface area contributed by atoms with Gasteiger partial charge >= 0.3 is 0 Å². The molecule has 1 saturated carbocycles. The van der Waals surface area contributed by atoms with Crippen LogP contribution in [0.15, 0.2) is 77.0 Å². The van der Waals surface area contributed by atoms with E-state index in [2.05, 4.69) is 10.6 Å². The summed E-state index contributed by atoms with van der Waals surface area (Å²) < 4.78 is 11.3. The third-order valence-electron chi connectivity index (χ3n) is 5.32. The van der Waals surface area contributed by atoms with Gasteiger partial charge in [0.15, 0.2) is 0 Å². The van der Waals surface area contributed by atoms with Gasteiger partial charge in [-0.2, -0.15) is 0 Å². The third-order valence-corrected chi connectivity index (χ3v) is 5.32. The van der Waals surface area contributed by atoms with Crippen molar-refractivity contribution in [3.63, 3.8) is 0 Å². The summed E-state index contributed by atoms with van der Waals surface area (Å²) in [5.41, 5.74) is 2.11. The molecular formula is C26H26N2O4. The van der Waals surface area contributed by atoms with Gasteiger partial charge in [-0.1, -0.05) is 17.7 Å². The highest BCUT2D eigenvalue weighted by molar-refractivity contribution is 6.10. The fourth-order valence-electron chi connectivity index (χ4n) is 3.67. The molecule has 0 atom stereocenters. The summed E-state index contributed by atoms with van der Waals surface area (Å²) in [6.07, 6.45) is 7.86. The van der Waals surface area contributed by atoms with Crippen molar-refractivity contribution < 1.29 is 18.7 Å².